The first-order valence-electron chi connectivity index (χ1n) is 4.66. The first-order valence-corrected chi connectivity index (χ1v) is 5.45. The molecule has 1 heterocycles. The summed E-state index contributed by atoms with van der Waals surface area (Å²) in [5.41, 5.74) is -0.277. The third-order valence-electron chi connectivity index (χ3n) is 2.35. The molecule has 1 saturated heterocycles. The van der Waals surface area contributed by atoms with Crippen LogP contribution in [0.2, 0.25) is 0 Å². The van der Waals surface area contributed by atoms with Gasteiger partial charge in [0.05, 0.1) is 0 Å². The van der Waals surface area contributed by atoms with Crippen molar-refractivity contribution in [3.63, 3.8) is 0 Å². The Morgan fingerprint density at radius 3 is 2.88 bits per heavy atom. The van der Waals surface area contributed by atoms with Crippen molar-refractivity contribution < 1.29 is 22.7 Å². The highest BCUT2D eigenvalue weighted by Gasteiger charge is 2.47. The van der Waals surface area contributed by atoms with Gasteiger partial charge in [-0.3, -0.25) is 0 Å². The summed E-state index contributed by atoms with van der Waals surface area (Å²) in [7, 11) is 0. The van der Waals surface area contributed by atoms with Gasteiger partial charge in [0.2, 0.25) is 0 Å². The van der Waals surface area contributed by atoms with Gasteiger partial charge in [0, 0.05) is 10.0 Å². The Kier molecular flexibility index (Phi) is 3.03. The zero-order chi connectivity index (χ0) is 12.6. The van der Waals surface area contributed by atoms with Crippen LogP contribution in [0.3, 0.4) is 0 Å². The average Bonchev–Trinajstić information content (AvgIpc) is 2.26. The fourth-order valence-corrected chi connectivity index (χ4v) is 1.93. The molecule has 1 aliphatic heterocycles. The average molecular weight is 310 g/mol. The zero-order valence-electron chi connectivity index (χ0n) is 8.34. The predicted octanol–water partition coefficient (Wildman–Crippen LogP) is 3.00. The first kappa shape index (κ1) is 12.2. The Morgan fingerprint density at radius 1 is 1.47 bits per heavy atom. The Bertz CT molecular complexity index is 467. The smallest absolute Gasteiger partial charge is 0.408 e. The quantitative estimate of drug-likeness (QED) is 0.866. The number of nitrogens with one attached hydrogen (secondary N) is 1. The molecule has 17 heavy (non-hydrogen) atoms. The summed E-state index contributed by atoms with van der Waals surface area (Å²) >= 11 is 3.06. The number of carbonyl (C=O) groups is 1. The van der Waals surface area contributed by atoms with Crippen LogP contribution >= 0.6 is 15.9 Å². The normalized spacial score (nSPS) is 22.8. The van der Waals surface area contributed by atoms with Crippen molar-refractivity contribution >= 4 is 22.0 Å². The molecule has 1 fully saturated rings. The molecule has 1 aliphatic rings. The van der Waals surface area contributed by atoms with Gasteiger partial charge in [-0.2, -0.15) is 0 Å². The van der Waals surface area contributed by atoms with Crippen LogP contribution in [0.5, 0.6) is 0 Å². The molecule has 92 valence electrons. The maximum Gasteiger partial charge on any atom is 0.408 e. The Balaban J connectivity index is 2.42. The van der Waals surface area contributed by atoms with E-state index < -0.39 is 30.5 Å². The topological polar surface area (TPSA) is 38.3 Å². The molecule has 2 rings (SSSR count). The summed E-state index contributed by atoms with van der Waals surface area (Å²) in [6.07, 6.45) is -0.986. The number of alkyl carbamates (subject to hydrolysis) is 1. The number of rotatable bonds is 1. The molecule has 1 amide bonds. The first-order chi connectivity index (χ1) is 7.90. The minimum absolute atomic E-state index is 0.277. The molecule has 0 radical (unpaired) electrons. The molecule has 0 unspecified atom stereocenters. The van der Waals surface area contributed by atoms with E-state index in [0.29, 0.717) is 4.47 Å². The number of cyclic esters (lactones) is 1. The van der Waals surface area contributed by atoms with Crippen molar-refractivity contribution in [1.82, 2.24) is 5.32 Å². The second kappa shape index (κ2) is 4.21. The van der Waals surface area contributed by atoms with E-state index in [1.807, 2.05) is 5.32 Å². The molecule has 0 aromatic heterocycles. The van der Waals surface area contributed by atoms with Crippen molar-refractivity contribution in [3.8, 4) is 0 Å². The van der Waals surface area contributed by atoms with E-state index in [1.165, 1.54) is 12.1 Å². The molecular weight excluding hydrogens is 303 g/mol. The number of alkyl halides is 2. The van der Waals surface area contributed by atoms with Gasteiger partial charge in [0.15, 0.2) is 6.61 Å². The second-order valence-corrected chi connectivity index (χ2v) is 4.50. The monoisotopic (exact) mass is 309 g/mol. The number of benzene rings is 1. The summed E-state index contributed by atoms with van der Waals surface area (Å²) in [4.78, 5) is 10.9. The van der Waals surface area contributed by atoms with Gasteiger partial charge >= 0.3 is 12.0 Å². The number of hydrogen-bond donors (Lipinski definition) is 1. The Hall–Kier alpha value is -1.24. The highest BCUT2D eigenvalue weighted by molar-refractivity contribution is 9.10. The standard InChI is InChI=1S/C10H7BrF3NO2/c11-5-1-2-7(12)6(3-5)8-10(13,14)4-17-9(16)15-8/h1-3,8H,4H2,(H,15,16)/t8-/m1/s1. The number of ether oxygens (including phenoxy) is 1. The lowest BCUT2D eigenvalue weighted by Crippen LogP contribution is -2.49. The molecule has 0 aliphatic carbocycles. The lowest BCUT2D eigenvalue weighted by molar-refractivity contribution is -0.105. The largest absolute Gasteiger partial charge is 0.443 e. The summed E-state index contributed by atoms with van der Waals surface area (Å²) in [6.45, 7) is -1.06. The molecule has 1 atom stereocenters. The molecule has 0 bridgehead atoms. The molecule has 1 aromatic rings. The summed E-state index contributed by atoms with van der Waals surface area (Å²) in [5.74, 6) is -4.16. The van der Waals surface area contributed by atoms with Crippen LogP contribution in [0.1, 0.15) is 11.6 Å². The van der Waals surface area contributed by atoms with Gasteiger partial charge in [0.1, 0.15) is 11.9 Å². The maximum absolute atomic E-state index is 13.5. The fourth-order valence-electron chi connectivity index (χ4n) is 1.55. The van der Waals surface area contributed by atoms with Crippen LogP contribution in [0.15, 0.2) is 22.7 Å². The van der Waals surface area contributed by atoms with Crippen LogP contribution in [0.4, 0.5) is 18.0 Å². The molecule has 1 N–H and O–H groups in total. The predicted molar refractivity (Wildman–Crippen MR) is 56.3 cm³/mol. The van der Waals surface area contributed by atoms with Gasteiger partial charge in [-0.25, -0.2) is 18.0 Å². The zero-order valence-corrected chi connectivity index (χ0v) is 9.93. The molecule has 1 aromatic carbocycles. The van der Waals surface area contributed by atoms with Crippen molar-refractivity contribution in [2.24, 2.45) is 0 Å². The van der Waals surface area contributed by atoms with E-state index in [1.54, 1.807) is 0 Å². The Morgan fingerprint density at radius 2 is 2.18 bits per heavy atom. The number of amides is 1. The summed E-state index contributed by atoms with van der Waals surface area (Å²) < 4.78 is 45.1. The molecule has 0 saturated carbocycles. The van der Waals surface area contributed by atoms with Gasteiger partial charge in [-0.15, -0.1) is 0 Å². The maximum atomic E-state index is 13.5. The van der Waals surface area contributed by atoms with Crippen LogP contribution < -0.4 is 5.32 Å². The lowest BCUT2D eigenvalue weighted by atomic mass is 9.99. The highest BCUT2D eigenvalue weighted by Crippen LogP contribution is 2.36. The van der Waals surface area contributed by atoms with Gasteiger partial charge in [-0.1, -0.05) is 15.9 Å². The van der Waals surface area contributed by atoms with Crippen LogP contribution in [-0.2, 0) is 4.74 Å². The summed E-state index contributed by atoms with van der Waals surface area (Å²) in [6, 6.07) is 1.93. The third-order valence-corrected chi connectivity index (χ3v) is 2.84. The van der Waals surface area contributed by atoms with E-state index >= 15 is 0 Å². The van der Waals surface area contributed by atoms with Crippen molar-refractivity contribution in [1.29, 1.82) is 0 Å². The minimum Gasteiger partial charge on any atom is -0.443 e. The van der Waals surface area contributed by atoms with Crippen molar-refractivity contribution in [2.45, 2.75) is 12.0 Å². The van der Waals surface area contributed by atoms with Crippen molar-refractivity contribution in [2.75, 3.05) is 6.61 Å². The molecule has 0 spiro atoms. The number of hydrogen-bond acceptors (Lipinski definition) is 2. The summed E-state index contributed by atoms with van der Waals surface area (Å²) in [5, 5.41) is 1.92. The van der Waals surface area contributed by atoms with Crippen LogP contribution in [-0.4, -0.2) is 18.6 Å². The van der Waals surface area contributed by atoms with E-state index in [4.69, 9.17) is 0 Å². The number of halogens is 4. The molecule has 3 nitrogen and oxygen atoms in total. The molecule has 7 heteroatoms. The van der Waals surface area contributed by atoms with Gasteiger partial charge < -0.3 is 10.1 Å². The van der Waals surface area contributed by atoms with E-state index in [0.717, 1.165) is 6.07 Å². The second-order valence-electron chi connectivity index (χ2n) is 3.58. The highest BCUT2D eigenvalue weighted by atomic mass is 79.9. The van der Waals surface area contributed by atoms with Crippen LogP contribution in [0, 0.1) is 5.82 Å². The van der Waals surface area contributed by atoms with E-state index in [9.17, 15) is 18.0 Å². The van der Waals surface area contributed by atoms with Crippen LogP contribution in [0.25, 0.3) is 0 Å². The van der Waals surface area contributed by atoms with E-state index in [2.05, 4.69) is 20.7 Å². The van der Waals surface area contributed by atoms with Gasteiger partial charge in [-0.05, 0) is 18.2 Å². The Labute approximate surface area is 103 Å². The SMILES string of the molecule is O=C1N[C@H](c2cc(Br)ccc2F)C(F)(F)CO1. The third kappa shape index (κ3) is 2.38. The molecular formula is C10H7BrF3NO2. The fraction of sp³-hybridized carbons (Fsp3) is 0.300. The van der Waals surface area contributed by atoms with Gasteiger partial charge in [0.25, 0.3) is 0 Å². The number of carbonyl (C=O) groups excluding carboxylic acids is 1. The lowest BCUT2D eigenvalue weighted by Gasteiger charge is -2.32. The van der Waals surface area contributed by atoms with E-state index in [-0.39, 0.29) is 5.56 Å². The van der Waals surface area contributed by atoms with Crippen molar-refractivity contribution in [3.05, 3.63) is 34.1 Å². The minimum atomic E-state index is -3.35.